The van der Waals surface area contributed by atoms with Gasteiger partial charge in [0.25, 0.3) is 0 Å². The molecule has 0 saturated heterocycles. The molecule has 2 aromatic rings. The van der Waals surface area contributed by atoms with Crippen molar-refractivity contribution in [3.8, 4) is 0 Å². The minimum absolute atomic E-state index is 0. The second kappa shape index (κ2) is 10.7. The van der Waals surface area contributed by atoms with E-state index in [9.17, 15) is 4.79 Å². The number of nitrogens with two attached hydrogens (primary N) is 1. The highest BCUT2D eigenvalue weighted by molar-refractivity contribution is 7.15. The highest BCUT2D eigenvalue weighted by atomic mass is 35.5. The first-order chi connectivity index (χ1) is 11.2. The van der Waals surface area contributed by atoms with Crippen LogP contribution in [0, 0.1) is 0 Å². The zero-order valence-electron chi connectivity index (χ0n) is 13.9. The summed E-state index contributed by atoms with van der Waals surface area (Å²) in [6.07, 6.45) is 2.11. The van der Waals surface area contributed by atoms with Crippen molar-refractivity contribution in [2.45, 2.75) is 32.4 Å². The average Bonchev–Trinajstić information content (AvgIpc) is 2.95. The maximum atomic E-state index is 11.8. The number of hydrogen-bond donors (Lipinski definition) is 2. The van der Waals surface area contributed by atoms with Gasteiger partial charge in [0.15, 0.2) is 5.13 Å². The van der Waals surface area contributed by atoms with Crippen LogP contribution in [0.2, 0.25) is 0 Å². The number of carbonyl (C=O) groups excluding carboxylic acids is 1. The van der Waals surface area contributed by atoms with Crippen molar-refractivity contribution in [2.24, 2.45) is 5.73 Å². The fourth-order valence-electron chi connectivity index (χ4n) is 2.72. The molecule has 5 nitrogen and oxygen atoms in total. The summed E-state index contributed by atoms with van der Waals surface area (Å²) >= 11 is 1.60. The molecule has 0 aliphatic carbocycles. The summed E-state index contributed by atoms with van der Waals surface area (Å²) in [5.74, 6) is 0.00249. The number of rotatable bonds is 6. The van der Waals surface area contributed by atoms with Gasteiger partial charge in [0.2, 0.25) is 5.91 Å². The largest absolute Gasteiger partial charge is 0.330 e. The van der Waals surface area contributed by atoms with Gasteiger partial charge in [-0.15, -0.1) is 36.2 Å². The summed E-state index contributed by atoms with van der Waals surface area (Å²) in [6, 6.07) is 10.5. The van der Waals surface area contributed by atoms with Gasteiger partial charge < -0.3 is 11.1 Å². The lowest BCUT2D eigenvalue weighted by Gasteiger charge is -2.25. The molecule has 0 atom stereocenters. The first kappa shape index (κ1) is 21.9. The highest BCUT2D eigenvalue weighted by Gasteiger charge is 2.21. The standard InChI is InChI=1S/C17H22N4OS.2ClH/c18-9-4-7-16(22)20-17-19-14-8-10-21(12-15(14)23-17)11-13-5-2-1-3-6-13;;/h1-3,5-6H,4,7-12,18H2,(H,19,20,22);2*1H. The monoisotopic (exact) mass is 402 g/mol. The Labute approximate surface area is 164 Å². The van der Waals surface area contributed by atoms with Crippen molar-refractivity contribution >= 4 is 47.2 Å². The van der Waals surface area contributed by atoms with Crippen LogP contribution in [0.5, 0.6) is 0 Å². The van der Waals surface area contributed by atoms with Gasteiger partial charge in [-0.25, -0.2) is 4.98 Å². The number of amides is 1. The molecule has 0 radical (unpaired) electrons. The average molecular weight is 403 g/mol. The summed E-state index contributed by atoms with van der Waals surface area (Å²) < 4.78 is 0. The fraction of sp³-hybridized carbons (Fsp3) is 0.412. The summed E-state index contributed by atoms with van der Waals surface area (Å²) in [6.45, 7) is 3.40. The van der Waals surface area contributed by atoms with E-state index in [0.29, 0.717) is 19.4 Å². The predicted octanol–water partition coefficient (Wildman–Crippen LogP) is 3.22. The molecule has 0 spiro atoms. The van der Waals surface area contributed by atoms with E-state index in [2.05, 4.69) is 39.5 Å². The molecule has 1 amide bonds. The van der Waals surface area contributed by atoms with Gasteiger partial charge in [-0.05, 0) is 18.5 Å². The Morgan fingerprint density at radius 2 is 2.04 bits per heavy atom. The van der Waals surface area contributed by atoms with Crippen LogP contribution in [0.25, 0.3) is 0 Å². The second-order valence-electron chi connectivity index (χ2n) is 5.78. The van der Waals surface area contributed by atoms with E-state index < -0.39 is 0 Å². The molecule has 2 heterocycles. The number of hydrogen-bond acceptors (Lipinski definition) is 5. The van der Waals surface area contributed by atoms with E-state index in [0.717, 1.165) is 36.9 Å². The van der Waals surface area contributed by atoms with E-state index in [1.165, 1.54) is 10.4 Å². The molecule has 1 aliphatic heterocycles. The summed E-state index contributed by atoms with van der Waals surface area (Å²) in [5, 5.41) is 3.61. The lowest BCUT2D eigenvalue weighted by molar-refractivity contribution is -0.116. The molecule has 0 unspecified atom stereocenters. The maximum absolute atomic E-state index is 11.8. The smallest absolute Gasteiger partial charge is 0.226 e. The van der Waals surface area contributed by atoms with Gasteiger partial charge in [0.1, 0.15) is 0 Å². The molecule has 0 fully saturated rings. The van der Waals surface area contributed by atoms with Crippen molar-refractivity contribution in [1.82, 2.24) is 9.88 Å². The van der Waals surface area contributed by atoms with E-state index in [1.54, 1.807) is 11.3 Å². The summed E-state index contributed by atoms with van der Waals surface area (Å²) in [7, 11) is 0. The number of nitrogens with zero attached hydrogens (tertiary/aromatic N) is 2. The lowest BCUT2D eigenvalue weighted by Crippen LogP contribution is -2.29. The molecule has 0 saturated carbocycles. The van der Waals surface area contributed by atoms with Crippen molar-refractivity contribution < 1.29 is 4.79 Å². The Balaban J connectivity index is 0.00000156. The van der Waals surface area contributed by atoms with Gasteiger partial charge in [-0.3, -0.25) is 9.69 Å². The minimum Gasteiger partial charge on any atom is -0.330 e. The summed E-state index contributed by atoms with van der Waals surface area (Å²) in [5.41, 5.74) is 7.89. The Bertz CT molecular complexity index is 666. The molecule has 0 bridgehead atoms. The van der Waals surface area contributed by atoms with Crippen LogP contribution in [-0.2, 0) is 24.3 Å². The SMILES string of the molecule is Cl.Cl.NCCCC(=O)Nc1nc2c(s1)CN(Cc1ccccc1)CC2. The Kier molecular flexibility index (Phi) is 9.38. The third kappa shape index (κ3) is 6.24. The zero-order valence-corrected chi connectivity index (χ0v) is 16.4. The van der Waals surface area contributed by atoms with Crippen LogP contribution >= 0.6 is 36.2 Å². The Morgan fingerprint density at radius 3 is 2.76 bits per heavy atom. The van der Waals surface area contributed by atoms with Gasteiger partial charge in [0, 0.05) is 37.4 Å². The Hall–Kier alpha value is -1.18. The number of nitrogens with one attached hydrogen (secondary N) is 1. The third-order valence-electron chi connectivity index (χ3n) is 3.91. The molecular formula is C17H24Cl2N4OS. The lowest BCUT2D eigenvalue weighted by atomic mass is 10.1. The van der Waals surface area contributed by atoms with Gasteiger partial charge >= 0.3 is 0 Å². The van der Waals surface area contributed by atoms with Crippen molar-refractivity contribution in [2.75, 3.05) is 18.4 Å². The quantitative estimate of drug-likeness (QED) is 0.777. The fourth-order valence-corrected chi connectivity index (χ4v) is 3.79. The molecule has 8 heteroatoms. The first-order valence-corrected chi connectivity index (χ1v) is 8.81. The molecule has 1 aromatic heterocycles. The zero-order chi connectivity index (χ0) is 16.1. The predicted molar refractivity (Wildman–Crippen MR) is 108 cm³/mol. The summed E-state index contributed by atoms with van der Waals surface area (Å²) in [4.78, 5) is 20.0. The normalized spacial score (nSPS) is 13.3. The number of thiazole rings is 1. The number of carbonyl (C=O) groups is 1. The van der Waals surface area contributed by atoms with Crippen LogP contribution in [0.3, 0.4) is 0 Å². The molecular weight excluding hydrogens is 379 g/mol. The number of halogens is 2. The van der Waals surface area contributed by atoms with Crippen LogP contribution in [-0.4, -0.2) is 28.9 Å². The van der Waals surface area contributed by atoms with Crippen molar-refractivity contribution in [3.05, 3.63) is 46.5 Å². The second-order valence-corrected chi connectivity index (χ2v) is 6.86. The van der Waals surface area contributed by atoms with Crippen LogP contribution in [0.1, 0.15) is 29.0 Å². The van der Waals surface area contributed by atoms with E-state index in [-0.39, 0.29) is 30.7 Å². The molecule has 25 heavy (non-hydrogen) atoms. The minimum atomic E-state index is 0. The maximum Gasteiger partial charge on any atom is 0.226 e. The number of aromatic nitrogens is 1. The van der Waals surface area contributed by atoms with E-state index in [1.807, 2.05) is 6.07 Å². The highest BCUT2D eigenvalue weighted by Crippen LogP contribution is 2.29. The molecule has 138 valence electrons. The molecule has 1 aromatic carbocycles. The van der Waals surface area contributed by atoms with Crippen LogP contribution in [0.15, 0.2) is 30.3 Å². The van der Waals surface area contributed by atoms with Crippen molar-refractivity contribution in [1.29, 1.82) is 0 Å². The topological polar surface area (TPSA) is 71.2 Å². The van der Waals surface area contributed by atoms with Crippen molar-refractivity contribution in [3.63, 3.8) is 0 Å². The molecule has 1 aliphatic rings. The van der Waals surface area contributed by atoms with Gasteiger partial charge in [0.05, 0.1) is 5.69 Å². The van der Waals surface area contributed by atoms with Gasteiger partial charge in [-0.2, -0.15) is 0 Å². The first-order valence-electron chi connectivity index (χ1n) is 7.99. The number of anilines is 1. The van der Waals surface area contributed by atoms with Crippen LogP contribution < -0.4 is 11.1 Å². The van der Waals surface area contributed by atoms with E-state index in [4.69, 9.17) is 5.73 Å². The van der Waals surface area contributed by atoms with E-state index >= 15 is 0 Å². The Morgan fingerprint density at radius 1 is 1.28 bits per heavy atom. The molecule has 3 N–H and O–H groups in total. The van der Waals surface area contributed by atoms with Gasteiger partial charge in [-0.1, -0.05) is 30.3 Å². The van der Waals surface area contributed by atoms with Crippen LogP contribution in [0.4, 0.5) is 5.13 Å². The number of benzene rings is 1. The molecule has 3 rings (SSSR count). The third-order valence-corrected chi connectivity index (χ3v) is 4.91. The number of fused-ring (bicyclic) bond motifs is 1.